The average Bonchev–Trinajstić information content (AvgIpc) is 2.28. The van der Waals surface area contributed by atoms with Crippen molar-refractivity contribution in [3.8, 4) is 5.75 Å². The van der Waals surface area contributed by atoms with Crippen molar-refractivity contribution in [3.63, 3.8) is 0 Å². The Labute approximate surface area is 106 Å². The topological polar surface area (TPSA) is 69.4 Å². The Balaban J connectivity index is 2.37. The maximum Gasteiger partial charge on any atom is 0.339 e. The van der Waals surface area contributed by atoms with Gasteiger partial charge in [0.2, 0.25) is 0 Å². The Morgan fingerprint density at radius 1 is 1.06 bits per heavy atom. The molecule has 0 aromatic heterocycles. The number of benzene rings is 2. The summed E-state index contributed by atoms with van der Waals surface area (Å²) in [5, 5.41) is 0. The van der Waals surface area contributed by atoms with E-state index in [1.165, 1.54) is 12.1 Å². The van der Waals surface area contributed by atoms with Crippen LogP contribution in [0.1, 0.15) is 5.56 Å². The van der Waals surface area contributed by atoms with Crippen LogP contribution in [0.2, 0.25) is 0 Å². The van der Waals surface area contributed by atoms with E-state index in [4.69, 9.17) is 9.92 Å². The van der Waals surface area contributed by atoms with Crippen LogP contribution >= 0.6 is 0 Å². The highest BCUT2D eigenvalue weighted by atomic mass is 32.2. The van der Waals surface area contributed by atoms with E-state index in [1.807, 2.05) is 0 Å². The third-order valence-corrected chi connectivity index (χ3v) is 3.84. The SMILES string of the molecule is Cc1ccccc1S(=O)(=O)Oc1cccc(N)c1. The van der Waals surface area contributed by atoms with Crippen molar-refractivity contribution in [2.24, 2.45) is 0 Å². The van der Waals surface area contributed by atoms with Crippen molar-refractivity contribution in [2.45, 2.75) is 11.8 Å². The van der Waals surface area contributed by atoms with Gasteiger partial charge in [-0.05, 0) is 30.7 Å². The molecule has 0 fully saturated rings. The lowest BCUT2D eigenvalue weighted by Crippen LogP contribution is -2.11. The molecular weight excluding hydrogens is 250 g/mol. The summed E-state index contributed by atoms with van der Waals surface area (Å²) < 4.78 is 29.2. The first kappa shape index (κ1) is 12.4. The highest BCUT2D eigenvalue weighted by molar-refractivity contribution is 7.87. The molecule has 0 bridgehead atoms. The summed E-state index contributed by atoms with van der Waals surface area (Å²) >= 11 is 0. The van der Waals surface area contributed by atoms with Gasteiger partial charge in [0, 0.05) is 11.8 Å². The Morgan fingerprint density at radius 2 is 1.78 bits per heavy atom. The number of hydrogen-bond donors (Lipinski definition) is 1. The van der Waals surface area contributed by atoms with Crippen LogP contribution in [0.4, 0.5) is 5.69 Å². The second-order valence-corrected chi connectivity index (χ2v) is 5.39. The second-order valence-electron chi connectivity index (χ2n) is 3.88. The van der Waals surface area contributed by atoms with Crippen molar-refractivity contribution in [3.05, 3.63) is 54.1 Å². The van der Waals surface area contributed by atoms with Crippen LogP contribution in [0.25, 0.3) is 0 Å². The molecule has 94 valence electrons. The summed E-state index contributed by atoms with van der Waals surface area (Å²) in [6.07, 6.45) is 0. The Hall–Kier alpha value is -2.01. The van der Waals surface area contributed by atoms with Crippen molar-refractivity contribution in [2.75, 3.05) is 5.73 Å². The number of nitrogens with two attached hydrogens (primary N) is 1. The molecule has 0 spiro atoms. The van der Waals surface area contributed by atoms with E-state index in [1.54, 1.807) is 43.3 Å². The molecule has 0 aliphatic rings. The lowest BCUT2D eigenvalue weighted by Gasteiger charge is -2.09. The standard InChI is InChI=1S/C13H13NO3S/c1-10-5-2-3-8-13(10)18(15,16)17-12-7-4-6-11(14)9-12/h2-9H,14H2,1H3. The predicted octanol–water partition coefficient (Wildman–Crippen LogP) is 2.34. The third-order valence-electron chi connectivity index (χ3n) is 2.43. The molecular formula is C13H13NO3S. The first-order valence-electron chi connectivity index (χ1n) is 5.35. The summed E-state index contributed by atoms with van der Waals surface area (Å²) in [7, 11) is -3.82. The lowest BCUT2D eigenvalue weighted by atomic mass is 10.2. The van der Waals surface area contributed by atoms with E-state index in [9.17, 15) is 8.42 Å². The Kier molecular flexibility index (Phi) is 3.25. The molecule has 0 amide bonds. The summed E-state index contributed by atoms with van der Waals surface area (Å²) in [4.78, 5) is 0.160. The van der Waals surface area contributed by atoms with Gasteiger partial charge in [0.15, 0.2) is 0 Å². The fraction of sp³-hybridized carbons (Fsp3) is 0.0769. The Morgan fingerprint density at radius 3 is 2.44 bits per heavy atom. The van der Waals surface area contributed by atoms with Gasteiger partial charge in [-0.2, -0.15) is 8.42 Å². The van der Waals surface area contributed by atoms with E-state index in [0.29, 0.717) is 11.3 Å². The Bertz CT molecular complexity index is 665. The summed E-state index contributed by atoms with van der Waals surface area (Å²) in [5.74, 6) is 0.207. The van der Waals surface area contributed by atoms with Gasteiger partial charge in [0.05, 0.1) is 0 Å². The number of rotatable bonds is 3. The number of anilines is 1. The van der Waals surface area contributed by atoms with Gasteiger partial charge in [-0.3, -0.25) is 0 Å². The maximum absolute atomic E-state index is 12.1. The molecule has 0 heterocycles. The molecule has 0 radical (unpaired) electrons. The molecule has 5 heteroatoms. The van der Waals surface area contributed by atoms with Crippen molar-refractivity contribution >= 4 is 15.8 Å². The van der Waals surface area contributed by atoms with Crippen molar-refractivity contribution in [1.82, 2.24) is 0 Å². The summed E-state index contributed by atoms with van der Waals surface area (Å²) in [5.41, 5.74) is 6.66. The average molecular weight is 263 g/mol. The quantitative estimate of drug-likeness (QED) is 0.681. The van der Waals surface area contributed by atoms with Crippen molar-refractivity contribution in [1.29, 1.82) is 0 Å². The first-order valence-corrected chi connectivity index (χ1v) is 6.75. The van der Waals surface area contributed by atoms with Crippen LogP contribution in [-0.2, 0) is 10.1 Å². The minimum Gasteiger partial charge on any atom is -0.399 e. The molecule has 0 aliphatic heterocycles. The molecule has 2 aromatic rings. The summed E-state index contributed by atoms with van der Waals surface area (Å²) in [6, 6.07) is 13.0. The molecule has 4 nitrogen and oxygen atoms in total. The van der Waals surface area contributed by atoms with Crippen LogP contribution < -0.4 is 9.92 Å². The molecule has 0 saturated carbocycles. The van der Waals surface area contributed by atoms with Gasteiger partial charge < -0.3 is 9.92 Å². The lowest BCUT2D eigenvalue weighted by molar-refractivity contribution is 0.485. The fourth-order valence-electron chi connectivity index (χ4n) is 1.57. The number of hydrogen-bond acceptors (Lipinski definition) is 4. The van der Waals surface area contributed by atoms with Crippen LogP contribution in [-0.4, -0.2) is 8.42 Å². The van der Waals surface area contributed by atoms with E-state index >= 15 is 0 Å². The van der Waals surface area contributed by atoms with Crippen molar-refractivity contribution < 1.29 is 12.6 Å². The van der Waals surface area contributed by atoms with Gasteiger partial charge >= 0.3 is 10.1 Å². The molecule has 0 aliphatic carbocycles. The molecule has 2 N–H and O–H groups in total. The van der Waals surface area contributed by atoms with Crippen LogP contribution in [0, 0.1) is 6.92 Å². The molecule has 0 atom stereocenters. The molecule has 0 saturated heterocycles. The molecule has 0 unspecified atom stereocenters. The van der Waals surface area contributed by atoms with E-state index < -0.39 is 10.1 Å². The molecule has 2 aromatic carbocycles. The minimum absolute atomic E-state index is 0.160. The van der Waals surface area contributed by atoms with E-state index in [0.717, 1.165) is 0 Å². The number of aryl methyl sites for hydroxylation is 1. The number of nitrogen functional groups attached to an aromatic ring is 1. The third kappa shape index (κ3) is 2.62. The first-order chi connectivity index (χ1) is 8.49. The minimum atomic E-state index is -3.82. The van der Waals surface area contributed by atoms with Crippen LogP contribution in [0.15, 0.2) is 53.4 Å². The highest BCUT2D eigenvalue weighted by Crippen LogP contribution is 2.22. The monoisotopic (exact) mass is 263 g/mol. The fourth-order valence-corrected chi connectivity index (χ4v) is 2.73. The zero-order valence-corrected chi connectivity index (χ0v) is 10.6. The van der Waals surface area contributed by atoms with Crippen LogP contribution in [0.5, 0.6) is 5.75 Å². The van der Waals surface area contributed by atoms with Gasteiger partial charge in [-0.25, -0.2) is 0 Å². The van der Waals surface area contributed by atoms with E-state index in [2.05, 4.69) is 0 Å². The summed E-state index contributed by atoms with van der Waals surface area (Å²) in [6.45, 7) is 1.72. The zero-order chi connectivity index (χ0) is 13.2. The second kappa shape index (κ2) is 4.70. The highest BCUT2D eigenvalue weighted by Gasteiger charge is 2.18. The van der Waals surface area contributed by atoms with Gasteiger partial charge in [-0.15, -0.1) is 0 Å². The molecule has 2 rings (SSSR count). The predicted molar refractivity (Wildman–Crippen MR) is 69.8 cm³/mol. The molecule has 18 heavy (non-hydrogen) atoms. The van der Waals surface area contributed by atoms with E-state index in [-0.39, 0.29) is 10.6 Å². The maximum atomic E-state index is 12.1. The smallest absolute Gasteiger partial charge is 0.339 e. The normalized spacial score (nSPS) is 11.2. The van der Waals surface area contributed by atoms with Gasteiger partial charge in [0.25, 0.3) is 0 Å². The van der Waals surface area contributed by atoms with Gasteiger partial charge in [0.1, 0.15) is 10.6 Å². The van der Waals surface area contributed by atoms with Crippen LogP contribution in [0.3, 0.4) is 0 Å². The largest absolute Gasteiger partial charge is 0.399 e. The van der Waals surface area contributed by atoms with Gasteiger partial charge in [-0.1, -0.05) is 24.3 Å². The zero-order valence-electron chi connectivity index (χ0n) is 9.83.